The molecule has 1 N–H and O–H groups in total. The van der Waals surface area contributed by atoms with Crippen LogP contribution in [0, 0.1) is 16.0 Å². The molecule has 3 rings (SSSR count). The number of non-ortho nitro benzene ring substituents is 1. The van der Waals surface area contributed by atoms with Gasteiger partial charge in [0.1, 0.15) is 12.3 Å². The van der Waals surface area contributed by atoms with E-state index in [1.807, 2.05) is 6.92 Å². The number of nitro benzene ring substituents is 1. The number of ether oxygens (including phenoxy) is 1. The summed E-state index contributed by atoms with van der Waals surface area (Å²) in [6, 6.07) is 5.71. The van der Waals surface area contributed by atoms with Crippen molar-refractivity contribution in [2.45, 2.75) is 45.8 Å². The van der Waals surface area contributed by atoms with E-state index in [9.17, 15) is 24.5 Å². The van der Waals surface area contributed by atoms with E-state index in [0.717, 1.165) is 5.57 Å². The molecule has 154 valence electrons. The van der Waals surface area contributed by atoms with E-state index in [1.54, 1.807) is 0 Å². The van der Waals surface area contributed by atoms with Crippen LogP contribution < -0.4 is 5.32 Å². The molecule has 1 fully saturated rings. The Morgan fingerprint density at radius 3 is 2.59 bits per heavy atom. The Morgan fingerprint density at radius 2 is 2.00 bits per heavy atom. The summed E-state index contributed by atoms with van der Waals surface area (Å²) in [6.07, 6.45) is 1.79. The number of carbonyl (C=O) groups excluding carboxylic acids is 3. The molecular weight excluding hydrogens is 378 g/mol. The third-order valence-electron chi connectivity index (χ3n) is 5.33. The van der Waals surface area contributed by atoms with Gasteiger partial charge in [-0.3, -0.25) is 19.7 Å². The SMILES string of the molecule is CCC1C(=O)N2C(C(=O)OCc3ccc([N+](=O)[O-])cc3)=C(CCNC(C)=O)CC12. The molecule has 29 heavy (non-hydrogen) atoms. The molecule has 2 aliphatic rings. The lowest BCUT2D eigenvalue weighted by molar-refractivity contribution is -0.384. The summed E-state index contributed by atoms with van der Waals surface area (Å²) < 4.78 is 5.39. The third kappa shape index (κ3) is 4.13. The highest BCUT2D eigenvalue weighted by atomic mass is 16.6. The van der Waals surface area contributed by atoms with Gasteiger partial charge >= 0.3 is 5.97 Å². The maximum absolute atomic E-state index is 12.8. The summed E-state index contributed by atoms with van der Waals surface area (Å²) in [6.45, 7) is 3.70. The molecule has 0 radical (unpaired) electrons. The number of nitrogens with one attached hydrogen (secondary N) is 1. The number of carbonyl (C=O) groups is 3. The number of nitrogens with zero attached hydrogens (tertiary/aromatic N) is 2. The second-order valence-corrected chi connectivity index (χ2v) is 7.18. The number of fused-ring (bicyclic) bond motifs is 1. The Bertz CT molecular complexity index is 877. The first kappa shape index (κ1) is 20.5. The van der Waals surface area contributed by atoms with Crippen LogP contribution in [-0.4, -0.2) is 40.2 Å². The Balaban J connectivity index is 1.70. The van der Waals surface area contributed by atoms with Crippen molar-refractivity contribution in [2.24, 2.45) is 5.92 Å². The van der Waals surface area contributed by atoms with Crippen LogP contribution in [-0.2, 0) is 25.7 Å². The molecule has 0 spiro atoms. The van der Waals surface area contributed by atoms with Gasteiger partial charge in [-0.05, 0) is 42.5 Å². The molecule has 1 saturated heterocycles. The van der Waals surface area contributed by atoms with Gasteiger partial charge in [0.2, 0.25) is 11.8 Å². The Hall–Kier alpha value is -3.23. The molecule has 9 nitrogen and oxygen atoms in total. The van der Waals surface area contributed by atoms with Crippen molar-refractivity contribution in [1.82, 2.24) is 10.2 Å². The molecule has 2 unspecified atom stereocenters. The second-order valence-electron chi connectivity index (χ2n) is 7.18. The molecule has 2 aliphatic heterocycles. The Labute approximate surface area is 167 Å². The van der Waals surface area contributed by atoms with Crippen molar-refractivity contribution in [3.8, 4) is 0 Å². The summed E-state index contributed by atoms with van der Waals surface area (Å²) in [5.41, 5.74) is 1.65. The van der Waals surface area contributed by atoms with Crippen LogP contribution in [0.3, 0.4) is 0 Å². The predicted octanol–water partition coefficient (Wildman–Crippen LogP) is 2.06. The average molecular weight is 401 g/mol. The zero-order valence-corrected chi connectivity index (χ0v) is 16.3. The minimum Gasteiger partial charge on any atom is -0.456 e. The first-order valence-electron chi connectivity index (χ1n) is 9.53. The molecule has 2 amide bonds. The van der Waals surface area contributed by atoms with Crippen molar-refractivity contribution >= 4 is 23.5 Å². The molecule has 1 aromatic carbocycles. The topological polar surface area (TPSA) is 119 Å². The first-order chi connectivity index (χ1) is 13.8. The molecular formula is C20H23N3O6. The maximum atomic E-state index is 12.8. The molecule has 0 aromatic heterocycles. The quantitative estimate of drug-likeness (QED) is 0.308. The Morgan fingerprint density at radius 1 is 1.31 bits per heavy atom. The number of β-lactam (4-membered cyclic amide) rings is 1. The number of amides is 2. The van der Waals surface area contributed by atoms with Crippen LogP contribution in [0.4, 0.5) is 5.69 Å². The van der Waals surface area contributed by atoms with Crippen molar-refractivity contribution in [2.75, 3.05) is 6.54 Å². The van der Waals surface area contributed by atoms with E-state index >= 15 is 0 Å². The number of rotatable bonds is 8. The van der Waals surface area contributed by atoms with E-state index in [2.05, 4.69) is 5.32 Å². The standard InChI is InChI=1S/C20H23N3O6/c1-3-16-17-10-14(8-9-21-12(2)24)18(22(17)19(16)25)20(26)29-11-13-4-6-15(7-5-13)23(27)28/h4-7,16-17H,3,8-11H2,1-2H3,(H,21,24). The predicted molar refractivity (Wildman–Crippen MR) is 102 cm³/mol. The van der Waals surface area contributed by atoms with Crippen molar-refractivity contribution < 1.29 is 24.0 Å². The van der Waals surface area contributed by atoms with E-state index in [4.69, 9.17) is 4.74 Å². The summed E-state index contributed by atoms with van der Waals surface area (Å²) in [5, 5.41) is 13.4. The van der Waals surface area contributed by atoms with Gasteiger partial charge in [-0.1, -0.05) is 6.92 Å². The highest BCUT2D eigenvalue weighted by molar-refractivity contribution is 6.00. The summed E-state index contributed by atoms with van der Waals surface area (Å²) in [5.74, 6) is -0.914. The number of benzene rings is 1. The van der Waals surface area contributed by atoms with E-state index in [0.29, 0.717) is 31.4 Å². The zero-order valence-electron chi connectivity index (χ0n) is 16.3. The number of hydrogen-bond acceptors (Lipinski definition) is 6. The Kier molecular flexibility index (Phi) is 5.95. The zero-order chi connectivity index (χ0) is 21.1. The van der Waals surface area contributed by atoms with Crippen LogP contribution in [0.15, 0.2) is 35.5 Å². The largest absolute Gasteiger partial charge is 0.456 e. The van der Waals surface area contributed by atoms with Gasteiger partial charge in [0, 0.05) is 25.6 Å². The highest BCUT2D eigenvalue weighted by Gasteiger charge is 2.54. The highest BCUT2D eigenvalue weighted by Crippen LogP contribution is 2.44. The second kappa shape index (κ2) is 8.42. The smallest absolute Gasteiger partial charge is 0.355 e. The van der Waals surface area contributed by atoms with Gasteiger partial charge in [-0.25, -0.2) is 4.79 Å². The fourth-order valence-corrected chi connectivity index (χ4v) is 3.86. The van der Waals surface area contributed by atoms with E-state index in [-0.39, 0.29) is 41.8 Å². The number of nitro groups is 1. The lowest BCUT2D eigenvalue weighted by atomic mass is 9.84. The van der Waals surface area contributed by atoms with Gasteiger partial charge in [-0.15, -0.1) is 0 Å². The lowest BCUT2D eigenvalue weighted by Crippen LogP contribution is -2.58. The molecule has 2 heterocycles. The number of hydrogen-bond donors (Lipinski definition) is 1. The van der Waals surface area contributed by atoms with Crippen LogP contribution in [0.2, 0.25) is 0 Å². The van der Waals surface area contributed by atoms with Crippen LogP contribution in [0.25, 0.3) is 0 Å². The molecule has 0 aliphatic carbocycles. The normalized spacial score (nSPS) is 20.2. The van der Waals surface area contributed by atoms with Gasteiger partial charge in [0.25, 0.3) is 5.69 Å². The molecule has 1 aromatic rings. The molecule has 0 bridgehead atoms. The lowest BCUT2D eigenvalue weighted by Gasteiger charge is -2.43. The summed E-state index contributed by atoms with van der Waals surface area (Å²) >= 11 is 0. The monoisotopic (exact) mass is 401 g/mol. The third-order valence-corrected chi connectivity index (χ3v) is 5.33. The first-order valence-corrected chi connectivity index (χ1v) is 9.53. The maximum Gasteiger partial charge on any atom is 0.355 e. The summed E-state index contributed by atoms with van der Waals surface area (Å²) in [7, 11) is 0. The van der Waals surface area contributed by atoms with Crippen molar-refractivity contribution in [3.63, 3.8) is 0 Å². The molecule has 9 heteroatoms. The van der Waals surface area contributed by atoms with E-state index < -0.39 is 10.9 Å². The van der Waals surface area contributed by atoms with Gasteiger partial charge in [-0.2, -0.15) is 0 Å². The fourth-order valence-electron chi connectivity index (χ4n) is 3.86. The van der Waals surface area contributed by atoms with Gasteiger partial charge in [0.15, 0.2) is 0 Å². The van der Waals surface area contributed by atoms with Crippen molar-refractivity contribution in [3.05, 3.63) is 51.2 Å². The van der Waals surface area contributed by atoms with Crippen LogP contribution >= 0.6 is 0 Å². The van der Waals surface area contributed by atoms with Crippen LogP contribution in [0.5, 0.6) is 0 Å². The van der Waals surface area contributed by atoms with E-state index in [1.165, 1.54) is 36.1 Å². The average Bonchev–Trinajstić information content (AvgIpc) is 3.01. The number of esters is 1. The minimum atomic E-state index is -0.591. The molecule has 0 saturated carbocycles. The van der Waals surface area contributed by atoms with Gasteiger partial charge < -0.3 is 15.0 Å². The fraction of sp³-hybridized carbons (Fsp3) is 0.450. The van der Waals surface area contributed by atoms with Gasteiger partial charge in [0.05, 0.1) is 16.9 Å². The van der Waals surface area contributed by atoms with Crippen molar-refractivity contribution in [1.29, 1.82) is 0 Å². The molecule has 2 atom stereocenters. The van der Waals surface area contributed by atoms with Crippen LogP contribution in [0.1, 0.15) is 38.7 Å². The minimum absolute atomic E-state index is 0.0262. The summed E-state index contributed by atoms with van der Waals surface area (Å²) in [4.78, 5) is 48.1.